The van der Waals surface area contributed by atoms with Crippen molar-refractivity contribution in [3.05, 3.63) is 58.4 Å². The lowest BCUT2D eigenvalue weighted by Gasteiger charge is -2.10. The van der Waals surface area contributed by atoms with Gasteiger partial charge in [-0.05, 0) is 36.8 Å². The Labute approximate surface area is 115 Å². The van der Waals surface area contributed by atoms with Gasteiger partial charge in [0, 0.05) is 0 Å². The van der Waals surface area contributed by atoms with Crippen molar-refractivity contribution in [1.82, 2.24) is 0 Å². The molecule has 5 heteroatoms. The van der Waals surface area contributed by atoms with Crippen molar-refractivity contribution in [2.24, 2.45) is 0 Å². The fourth-order valence-corrected chi connectivity index (χ4v) is 1.94. The first-order valence-electron chi connectivity index (χ1n) is 5.60. The highest BCUT2D eigenvalue weighted by Gasteiger charge is 2.16. The van der Waals surface area contributed by atoms with Crippen molar-refractivity contribution in [2.45, 2.75) is 6.92 Å². The zero-order valence-electron chi connectivity index (χ0n) is 10.2. The highest BCUT2D eigenvalue weighted by molar-refractivity contribution is 6.34. The molecule has 19 heavy (non-hydrogen) atoms. The third-order valence-electron chi connectivity index (χ3n) is 2.65. The monoisotopic (exact) mass is 278 g/mol. The average molecular weight is 279 g/mol. The van der Waals surface area contributed by atoms with E-state index in [1.807, 2.05) is 6.92 Å². The molecule has 0 bridgehead atoms. The predicted molar refractivity (Wildman–Crippen MR) is 75.0 cm³/mol. The minimum absolute atomic E-state index is 0.0585. The number of aryl methyl sites for hydroxylation is 1. The minimum atomic E-state index is -0.671. The van der Waals surface area contributed by atoms with Crippen LogP contribution in [0.15, 0.2) is 36.4 Å². The van der Waals surface area contributed by atoms with Gasteiger partial charge in [0.15, 0.2) is 0 Å². The van der Waals surface area contributed by atoms with E-state index >= 15 is 0 Å². The molecular formula is C14H12ClFN2O. The van der Waals surface area contributed by atoms with Crippen LogP contribution in [0.25, 0.3) is 0 Å². The van der Waals surface area contributed by atoms with Crippen molar-refractivity contribution in [3.63, 3.8) is 0 Å². The van der Waals surface area contributed by atoms with Gasteiger partial charge in [0.1, 0.15) is 5.82 Å². The molecule has 3 nitrogen and oxygen atoms in total. The summed E-state index contributed by atoms with van der Waals surface area (Å²) < 4.78 is 13.6. The zero-order chi connectivity index (χ0) is 14.0. The van der Waals surface area contributed by atoms with Crippen LogP contribution in [0.4, 0.5) is 15.8 Å². The number of benzene rings is 2. The van der Waals surface area contributed by atoms with Gasteiger partial charge in [-0.2, -0.15) is 0 Å². The summed E-state index contributed by atoms with van der Waals surface area (Å²) in [6.45, 7) is 1.88. The number of anilines is 2. The predicted octanol–water partition coefficient (Wildman–Crippen LogP) is 3.62. The van der Waals surface area contributed by atoms with Crippen LogP contribution in [0.1, 0.15) is 15.9 Å². The smallest absolute Gasteiger partial charge is 0.260 e. The highest BCUT2D eigenvalue weighted by atomic mass is 35.5. The molecule has 0 atom stereocenters. The Kier molecular flexibility index (Phi) is 3.71. The average Bonchev–Trinajstić information content (AvgIpc) is 2.32. The van der Waals surface area contributed by atoms with E-state index in [9.17, 15) is 9.18 Å². The van der Waals surface area contributed by atoms with Gasteiger partial charge in [0.25, 0.3) is 5.91 Å². The summed E-state index contributed by atoms with van der Waals surface area (Å²) in [6.07, 6.45) is 0. The molecule has 2 aromatic carbocycles. The first-order valence-corrected chi connectivity index (χ1v) is 5.98. The third-order valence-corrected chi connectivity index (χ3v) is 2.96. The number of carbonyl (C=O) groups is 1. The molecule has 0 saturated carbocycles. The minimum Gasteiger partial charge on any atom is -0.397 e. The normalized spacial score (nSPS) is 10.3. The van der Waals surface area contributed by atoms with Crippen molar-refractivity contribution in [3.8, 4) is 0 Å². The number of rotatable bonds is 2. The molecule has 0 aliphatic carbocycles. The second kappa shape index (κ2) is 5.28. The Morgan fingerprint density at radius 3 is 2.68 bits per heavy atom. The molecule has 1 amide bonds. The van der Waals surface area contributed by atoms with Crippen LogP contribution in [0.3, 0.4) is 0 Å². The second-order valence-electron chi connectivity index (χ2n) is 4.14. The molecule has 3 N–H and O–H groups in total. The summed E-state index contributed by atoms with van der Waals surface area (Å²) in [5.74, 6) is -1.30. The molecule has 0 radical (unpaired) electrons. The van der Waals surface area contributed by atoms with Crippen LogP contribution >= 0.6 is 11.6 Å². The number of nitrogens with two attached hydrogens (primary N) is 1. The summed E-state index contributed by atoms with van der Waals surface area (Å²) in [6, 6.07) is 9.26. The van der Waals surface area contributed by atoms with E-state index in [2.05, 4.69) is 5.32 Å². The molecule has 0 fully saturated rings. The fraction of sp³-hybridized carbons (Fsp3) is 0.0714. The van der Waals surface area contributed by atoms with Crippen molar-refractivity contribution in [2.75, 3.05) is 11.1 Å². The highest BCUT2D eigenvalue weighted by Crippen LogP contribution is 2.23. The van der Waals surface area contributed by atoms with E-state index in [0.717, 1.165) is 5.56 Å². The van der Waals surface area contributed by atoms with E-state index in [-0.39, 0.29) is 10.6 Å². The zero-order valence-corrected chi connectivity index (χ0v) is 11.0. The van der Waals surface area contributed by atoms with E-state index in [1.165, 1.54) is 18.2 Å². The molecular weight excluding hydrogens is 267 g/mol. The summed E-state index contributed by atoms with van der Waals surface area (Å²) in [7, 11) is 0. The fourth-order valence-electron chi connectivity index (χ4n) is 1.70. The van der Waals surface area contributed by atoms with E-state index in [4.69, 9.17) is 17.3 Å². The van der Waals surface area contributed by atoms with Crippen LogP contribution in [0, 0.1) is 12.7 Å². The van der Waals surface area contributed by atoms with Gasteiger partial charge in [0.05, 0.1) is 22.0 Å². The van der Waals surface area contributed by atoms with Gasteiger partial charge in [-0.15, -0.1) is 0 Å². The SMILES string of the molecule is Cc1ccc(NC(=O)c2c(F)cccc2Cl)c(N)c1. The number of hydrogen-bond acceptors (Lipinski definition) is 2. The van der Waals surface area contributed by atoms with Gasteiger partial charge >= 0.3 is 0 Å². The van der Waals surface area contributed by atoms with Crippen LogP contribution in [-0.4, -0.2) is 5.91 Å². The number of carbonyl (C=O) groups excluding carboxylic acids is 1. The number of halogens is 2. The first kappa shape index (κ1) is 13.4. The Morgan fingerprint density at radius 1 is 1.32 bits per heavy atom. The molecule has 0 aliphatic heterocycles. The quantitative estimate of drug-likeness (QED) is 0.824. The van der Waals surface area contributed by atoms with E-state index < -0.39 is 11.7 Å². The van der Waals surface area contributed by atoms with E-state index in [1.54, 1.807) is 18.2 Å². The largest absolute Gasteiger partial charge is 0.397 e. The summed E-state index contributed by atoms with van der Waals surface area (Å²) in [4.78, 5) is 12.0. The van der Waals surface area contributed by atoms with Crippen molar-refractivity contribution in [1.29, 1.82) is 0 Å². The van der Waals surface area contributed by atoms with Gasteiger partial charge < -0.3 is 11.1 Å². The van der Waals surface area contributed by atoms with Crippen LogP contribution < -0.4 is 11.1 Å². The van der Waals surface area contributed by atoms with Gasteiger partial charge in [-0.3, -0.25) is 4.79 Å². The first-order chi connectivity index (χ1) is 8.99. The van der Waals surface area contributed by atoms with Gasteiger partial charge in [-0.25, -0.2) is 4.39 Å². The topological polar surface area (TPSA) is 55.1 Å². The molecule has 0 aromatic heterocycles. The molecule has 2 rings (SSSR count). The molecule has 0 aliphatic rings. The Balaban J connectivity index is 2.31. The summed E-state index contributed by atoms with van der Waals surface area (Å²) in [5, 5.41) is 2.61. The van der Waals surface area contributed by atoms with Gasteiger partial charge in [-0.1, -0.05) is 23.7 Å². The van der Waals surface area contributed by atoms with Crippen molar-refractivity contribution >= 4 is 28.9 Å². The number of nitrogen functional groups attached to an aromatic ring is 1. The molecule has 0 saturated heterocycles. The number of amides is 1. The number of hydrogen-bond donors (Lipinski definition) is 2. The lowest BCUT2D eigenvalue weighted by molar-refractivity contribution is 0.102. The molecule has 0 unspecified atom stereocenters. The van der Waals surface area contributed by atoms with E-state index in [0.29, 0.717) is 11.4 Å². The molecule has 0 heterocycles. The Bertz CT molecular complexity index is 623. The van der Waals surface area contributed by atoms with Crippen LogP contribution in [0.5, 0.6) is 0 Å². The Morgan fingerprint density at radius 2 is 2.05 bits per heavy atom. The Hall–Kier alpha value is -2.07. The maximum atomic E-state index is 13.6. The maximum Gasteiger partial charge on any atom is 0.260 e. The van der Waals surface area contributed by atoms with Crippen molar-refractivity contribution < 1.29 is 9.18 Å². The van der Waals surface area contributed by atoms with Crippen LogP contribution in [0.2, 0.25) is 5.02 Å². The van der Waals surface area contributed by atoms with Crippen LogP contribution in [-0.2, 0) is 0 Å². The molecule has 98 valence electrons. The molecule has 0 spiro atoms. The van der Waals surface area contributed by atoms with Gasteiger partial charge in [0.2, 0.25) is 0 Å². The number of nitrogens with one attached hydrogen (secondary N) is 1. The molecule has 2 aromatic rings. The summed E-state index contributed by atoms with van der Waals surface area (Å²) >= 11 is 5.82. The maximum absolute atomic E-state index is 13.6. The second-order valence-corrected chi connectivity index (χ2v) is 4.55. The third kappa shape index (κ3) is 2.85. The lowest BCUT2D eigenvalue weighted by atomic mass is 10.1. The standard InChI is InChI=1S/C14H12ClFN2O/c1-8-5-6-12(11(17)7-8)18-14(19)13-9(15)3-2-4-10(13)16/h2-7H,17H2,1H3,(H,18,19). The summed E-state index contributed by atoms with van der Waals surface area (Å²) in [5.41, 5.74) is 7.41. The lowest BCUT2D eigenvalue weighted by Crippen LogP contribution is -2.15.